The molecule has 0 aromatic heterocycles. The maximum atomic E-state index is 13.1. The van der Waals surface area contributed by atoms with E-state index in [4.69, 9.17) is 5.11 Å². The fraction of sp³-hybridized carbons (Fsp3) is 0.188. The van der Waals surface area contributed by atoms with Crippen LogP contribution in [-0.4, -0.2) is 11.1 Å². The minimum atomic E-state index is -4.82. The summed E-state index contributed by atoms with van der Waals surface area (Å²) in [6, 6.07) is 6.70. The lowest BCUT2D eigenvalue weighted by atomic mass is 9.96. The van der Waals surface area contributed by atoms with Gasteiger partial charge in [0, 0.05) is 0 Å². The second-order valence-corrected chi connectivity index (χ2v) is 5.02. The van der Waals surface area contributed by atoms with Crippen LogP contribution in [-0.2, 0) is 23.6 Å². The molecule has 2 rings (SSSR count). The standard InChI is InChI=1S/C16H10F6O2/c17-15(18,19)12-3-1-2-9(6-12)10-4-5-11(8-14(23)24)13(7-10)16(20,21)22/h1-7H,8H2,(H,23,24). The van der Waals surface area contributed by atoms with E-state index in [9.17, 15) is 31.1 Å². The highest BCUT2D eigenvalue weighted by molar-refractivity contribution is 5.72. The molecule has 0 aliphatic heterocycles. The fourth-order valence-electron chi connectivity index (χ4n) is 2.21. The van der Waals surface area contributed by atoms with Gasteiger partial charge in [0.25, 0.3) is 0 Å². The van der Waals surface area contributed by atoms with Crippen molar-refractivity contribution >= 4 is 5.97 Å². The van der Waals surface area contributed by atoms with Gasteiger partial charge in [-0.05, 0) is 34.9 Å². The Hall–Kier alpha value is -2.51. The van der Waals surface area contributed by atoms with Gasteiger partial charge in [0.1, 0.15) is 0 Å². The van der Waals surface area contributed by atoms with Crippen molar-refractivity contribution in [2.75, 3.05) is 0 Å². The smallest absolute Gasteiger partial charge is 0.416 e. The van der Waals surface area contributed by atoms with E-state index in [1.54, 1.807) is 0 Å². The minimum Gasteiger partial charge on any atom is -0.481 e. The molecule has 0 fully saturated rings. The Balaban J connectivity index is 2.55. The number of hydrogen-bond acceptors (Lipinski definition) is 1. The predicted octanol–water partition coefficient (Wildman–Crippen LogP) is 5.02. The molecule has 0 atom stereocenters. The van der Waals surface area contributed by atoms with Crippen LogP contribution in [0.15, 0.2) is 42.5 Å². The number of carboxylic acids is 1. The lowest BCUT2D eigenvalue weighted by Crippen LogP contribution is -2.12. The summed E-state index contributed by atoms with van der Waals surface area (Å²) >= 11 is 0. The Morgan fingerprint density at radius 3 is 2.04 bits per heavy atom. The van der Waals surface area contributed by atoms with Gasteiger partial charge in [-0.15, -0.1) is 0 Å². The van der Waals surface area contributed by atoms with Crippen LogP contribution in [0.25, 0.3) is 11.1 Å². The number of halogens is 6. The van der Waals surface area contributed by atoms with Crippen molar-refractivity contribution < 1.29 is 36.2 Å². The number of alkyl halides is 6. The van der Waals surface area contributed by atoms with Gasteiger partial charge in [0.05, 0.1) is 17.5 Å². The second-order valence-electron chi connectivity index (χ2n) is 5.02. The Labute approximate surface area is 132 Å². The van der Waals surface area contributed by atoms with E-state index >= 15 is 0 Å². The third-order valence-corrected chi connectivity index (χ3v) is 3.28. The minimum absolute atomic E-state index is 0.0443. The topological polar surface area (TPSA) is 37.3 Å². The highest BCUT2D eigenvalue weighted by atomic mass is 19.4. The average Bonchev–Trinajstić information content (AvgIpc) is 2.45. The molecule has 0 saturated heterocycles. The van der Waals surface area contributed by atoms with Gasteiger partial charge in [-0.3, -0.25) is 4.79 Å². The van der Waals surface area contributed by atoms with E-state index in [1.807, 2.05) is 0 Å². The lowest BCUT2D eigenvalue weighted by Gasteiger charge is -2.14. The summed E-state index contributed by atoms with van der Waals surface area (Å²) in [6.07, 6.45) is -10.3. The van der Waals surface area contributed by atoms with Gasteiger partial charge in [0.2, 0.25) is 0 Å². The van der Waals surface area contributed by atoms with Gasteiger partial charge in [-0.2, -0.15) is 26.3 Å². The van der Waals surface area contributed by atoms with Gasteiger partial charge in [-0.1, -0.05) is 24.3 Å². The number of carboxylic acid groups (broad SMARTS) is 1. The van der Waals surface area contributed by atoms with Crippen molar-refractivity contribution in [3.05, 3.63) is 59.2 Å². The highest BCUT2D eigenvalue weighted by Crippen LogP contribution is 2.37. The third kappa shape index (κ3) is 4.06. The van der Waals surface area contributed by atoms with Crippen LogP contribution in [0.5, 0.6) is 0 Å². The van der Waals surface area contributed by atoms with Crippen LogP contribution in [0.1, 0.15) is 16.7 Å². The molecule has 0 heterocycles. The maximum Gasteiger partial charge on any atom is 0.416 e. The first-order valence-electron chi connectivity index (χ1n) is 6.58. The number of hydrogen-bond donors (Lipinski definition) is 1. The summed E-state index contributed by atoms with van der Waals surface area (Å²) in [7, 11) is 0. The summed E-state index contributed by atoms with van der Waals surface area (Å²) in [4.78, 5) is 10.7. The number of aliphatic carboxylic acids is 1. The molecule has 0 aliphatic rings. The molecular formula is C16H10F6O2. The molecule has 2 nitrogen and oxygen atoms in total. The van der Waals surface area contributed by atoms with E-state index in [1.165, 1.54) is 12.1 Å². The average molecular weight is 348 g/mol. The van der Waals surface area contributed by atoms with Crippen molar-refractivity contribution in [1.29, 1.82) is 0 Å². The molecule has 0 radical (unpaired) electrons. The zero-order valence-electron chi connectivity index (χ0n) is 11.9. The maximum absolute atomic E-state index is 13.1. The van der Waals surface area contributed by atoms with E-state index in [2.05, 4.69) is 0 Å². The molecule has 0 spiro atoms. The Bertz CT molecular complexity index is 762. The molecule has 0 amide bonds. The highest BCUT2D eigenvalue weighted by Gasteiger charge is 2.34. The molecule has 24 heavy (non-hydrogen) atoms. The van der Waals surface area contributed by atoms with Gasteiger partial charge in [-0.25, -0.2) is 0 Å². The van der Waals surface area contributed by atoms with Crippen molar-refractivity contribution in [1.82, 2.24) is 0 Å². The van der Waals surface area contributed by atoms with E-state index in [0.717, 1.165) is 24.3 Å². The normalized spacial score (nSPS) is 12.2. The molecule has 0 bridgehead atoms. The molecule has 8 heteroatoms. The van der Waals surface area contributed by atoms with Crippen molar-refractivity contribution in [2.45, 2.75) is 18.8 Å². The lowest BCUT2D eigenvalue weighted by molar-refractivity contribution is -0.140. The molecule has 2 aromatic rings. The molecule has 0 aliphatic carbocycles. The first-order chi connectivity index (χ1) is 11.0. The monoisotopic (exact) mass is 348 g/mol. The zero-order valence-corrected chi connectivity index (χ0v) is 11.9. The zero-order chi connectivity index (χ0) is 18.1. The summed E-state index contributed by atoms with van der Waals surface area (Å²) in [5, 5.41) is 8.68. The predicted molar refractivity (Wildman–Crippen MR) is 73.2 cm³/mol. The van der Waals surface area contributed by atoms with Crippen LogP contribution in [0.4, 0.5) is 26.3 Å². The van der Waals surface area contributed by atoms with Crippen molar-refractivity contribution in [2.24, 2.45) is 0 Å². The van der Waals surface area contributed by atoms with Gasteiger partial charge < -0.3 is 5.11 Å². The summed E-state index contributed by atoms with van der Waals surface area (Å²) < 4.78 is 77.4. The summed E-state index contributed by atoms with van der Waals surface area (Å²) in [6.45, 7) is 0. The number of benzene rings is 2. The first kappa shape index (κ1) is 17.8. The quantitative estimate of drug-likeness (QED) is 0.791. The molecule has 0 unspecified atom stereocenters. The van der Waals surface area contributed by atoms with Crippen LogP contribution in [0, 0.1) is 0 Å². The van der Waals surface area contributed by atoms with E-state index in [0.29, 0.717) is 6.07 Å². The second kappa shape index (κ2) is 6.18. The summed E-state index contributed by atoms with van der Waals surface area (Å²) in [5.74, 6) is -1.44. The first-order valence-corrected chi connectivity index (χ1v) is 6.58. The van der Waals surface area contributed by atoms with Crippen molar-refractivity contribution in [3.63, 3.8) is 0 Å². The molecule has 0 saturated carbocycles. The number of rotatable bonds is 3. The van der Waals surface area contributed by atoms with Crippen LogP contribution < -0.4 is 0 Å². The van der Waals surface area contributed by atoms with Crippen LogP contribution >= 0.6 is 0 Å². The summed E-state index contributed by atoms with van der Waals surface area (Å²) in [5.41, 5.74) is -2.74. The molecule has 1 N–H and O–H groups in total. The Morgan fingerprint density at radius 2 is 1.50 bits per heavy atom. The van der Waals surface area contributed by atoms with E-state index < -0.39 is 41.4 Å². The van der Waals surface area contributed by atoms with E-state index in [-0.39, 0.29) is 11.1 Å². The largest absolute Gasteiger partial charge is 0.481 e. The third-order valence-electron chi connectivity index (χ3n) is 3.28. The van der Waals surface area contributed by atoms with Gasteiger partial charge in [0.15, 0.2) is 0 Å². The van der Waals surface area contributed by atoms with Crippen LogP contribution in [0.2, 0.25) is 0 Å². The molecule has 128 valence electrons. The van der Waals surface area contributed by atoms with Gasteiger partial charge >= 0.3 is 18.3 Å². The molecule has 2 aromatic carbocycles. The SMILES string of the molecule is O=C(O)Cc1ccc(-c2cccc(C(F)(F)F)c2)cc1C(F)(F)F. The fourth-order valence-corrected chi connectivity index (χ4v) is 2.21. The van der Waals surface area contributed by atoms with Crippen molar-refractivity contribution in [3.8, 4) is 11.1 Å². The number of carbonyl (C=O) groups is 1. The Kier molecular flexibility index (Phi) is 4.59. The Morgan fingerprint density at radius 1 is 0.875 bits per heavy atom. The molecular weight excluding hydrogens is 338 g/mol. The van der Waals surface area contributed by atoms with Crippen LogP contribution in [0.3, 0.4) is 0 Å².